The molecule has 4 nitrogen and oxygen atoms in total. The molecule has 1 unspecified atom stereocenters. The minimum Gasteiger partial charge on any atom is -0.379 e. The van der Waals surface area contributed by atoms with Crippen LogP contribution in [0.3, 0.4) is 0 Å². The van der Waals surface area contributed by atoms with Crippen LogP contribution in [0.15, 0.2) is 0 Å². The lowest BCUT2D eigenvalue weighted by molar-refractivity contribution is 0.108. The fourth-order valence-electron chi connectivity index (χ4n) is 0.319. The van der Waals surface area contributed by atoms with Crippen molar-refractivity contribution in [2.75, 3.05) is 19.8 Å². The summed E-state index contributed by atoms with van der Waals surface area (Å²) in [5.41, 5.74) is 0. The maximum absolute atomic E-state index is 9.83. The molecule has 0 rings (SSSR count). The first-order valence-electron chi connectivity index (χ1n) is 2.64. The van der Waals surface area contributed by atoms with Crippen LogP contribution in [0.4, 0.5) is 0 Å². The van der Waals surface area contributed by atoms with Crippen LogP contribution in [0.5, 0.6) is 0 Å². The zero-order chi connectivity index (χ0) is 7.11. The maximum atomic E-state index is 9.83. The van der Waals surface area contributed by atoms with E-state index in [1.807, 2.05) is 6.92 Å². The van der Waals surface area contributed by atoms with Crippen molar-refractivity contribution in [2.24, 2.45) is 0 Å². The van der Waals surface area contributed by atoms with E-state index in [2.05, 4.69) is 4.52 Å². The molecule has 0 bridgehead atoms. The first kappa shape index (κ1) is 8.98. The van der Waals surface area contributed by atoms with Crippen LogP contribution < -0.4 is 0 Å². The van der Waals surface area contributed by atoms with Gasteiger partial charge < -0.3 is 4.74 Å². The topological polar surface area (TPSA) is 55.8 Å². The highest BCUT2D eigenvalue weighted by Gasteiger charge is 2.09. The fraction of sp³-hybridized carbons (Fsp3) is 1.00. The summed E-state index contributed by atoms with van der Waals surface area (Å²) >= 11 is 0. The van der Waals surface area contributed by atoms with Gasteiger partial charge in [0.2, 0.25) is 0 Å². The molecule has 0 aliphatic rings. The van der Waals surface area contributed by atoms with Crippen molar-refractivity contribution in [3.63, 3.8) is 0 Å². The number of hydrogen-bond donors (Lipinski definition) is 1. The molecular formula is C4H10O4P+. The highest BCUT2D eigenvalue weighted by atomic mass is 31.1. The van der Waals surface area contributed by atoms with Crippen molar-refractivity contribution in [2.45, 2.75) is 6.92 Å². The lowest BCUT2D eigenvalue weighted by atomic mass is 10.8. The predicted octanol–water partition coefficient (Wildman–Crippen LogP) is 0.689. The quantitative estimate of drug-likeness (QED) is 0.466. The second kappa shape index (κ2) is 6.11. The summed E-state index contributed by atoms with van der Waals surface area (Å²) in [5.74, 6) is 0. The van der Waals surface area contributed by atoms with Gasteiger partial charge in [-0.15, -0.1) is 9.42 Å². The van der Waals surface area contributed by atoms with Crippen molar-refractivity contribution in [3.05, 3.63) is 0 Å². The van der Waals surface area contributed by atoms with Gasteiger partial charge in [-0.1, -0.05) is 0 Å². The summed E-state index contributed by atoms with van der Waals surface area (Å²) in [6.07, 6.45) is 0. The van der Waals surface area contributed by atoms with Crippen LogP contribution in [0.1, 0.15) is 6.92 Å². The zero-order valence-electron chi connectivity index (χ0n) is 5.24. The molecule has 0 aromatic rings. The highest BCUT2D eigenvalue weighted by molar-refractivity contribution is 7.32. The second-order valence-corrected chi connectivity index (χ2v) is 2.00. The molecule has 0 aromatic carbocycles. The Labute approximate surface area is 54.7 Å². The molecule has 1 atom stereocenters. The molecule has 9 heavy (non-hydrogen) atoms. The monoisotopic (exact) mass is 153 g/mol. The van der Waals surface area contributed by atoms with E-state index in [0.717, 1.165) is 0 Å². The molecule has 0 saturated heterocycles. The summed E-state index contributed by atoms with van der Waals surface area (Å²) in [7, 11) is -2.45. The zero-order valence-corrected chi connectivity index (χ0v) is 6.13. The molecule has 0 amide bonds. The molecule has 0 aliphatic carbocycles. The average molecular weight is 153 g/mol. The Bertz CT molecular complexity index is 84.6. The SMILES string of the molecule is CCOCCO[P+](=O)O. The second-order valence-electron chi connectivity index (χ2n) is 1.27. The minimum absolute atomic E-state index is 0.180. The van der Waals surface area contributed by atoms with Gasteiger partial charge in [-0.3, -0.25) is 0 Å². The van der Waals surface area contributed by atoms with Gasteiger partial charge in [-0.25, -0.2) is 0 Å². The van der Waals surface area contributed by atoms with Crippen LogP contribution in [0.2, 0.25) is 0 Å². The Morgan fingerprint density at radius 2 is 2.22 bits per heavy atom. The Balaban J connectivity index is 2.83. The van der Waals surface area contributed by atoms with E-state index in [-0.39, 0.29) is 6.61 Å². The summed E-state index contributed by atoms with van der Waals surface area (Å²) < 4.78 is 18.9. The number of rotatable bonds is 5. The third-order valence-electron chi connectivity index (χ3n) is 0.634. The van der Waals surface area contributed by atoms with E-state index >= 15 is 0 Å². The first-order chi connectivity index (χ1) is 4.27. The van der Waals surface area contributed by atoms with Gasteiger partial charge in [0.25, 0.3) is 0 Å². The van der Waals surface area contributed by atoms with Crippen LogP contribution in [0, 0.1) is 0 Å². The van der Waals surface area contributed by atoms with Gasteiger partial charge in [-0.05, 0) is 6.92 Å². The van der Waals surface area contributed by atoms with Gasteiger partial charge >= 0.3 is 8.25 Å². The van der Waals surface area contributed by atoms with E-state index < -0.39 is 8.25 Å². The normalized spacial score (nSPS) is 11.6. The van der Waals surface area contributed by atoms with Crippen LogP contribution in [-0.4, -0.2) is 24.7 Å². The number of ether oxygens (including phenoxy) is 1. The molecule has 0 fully saturated rings. The smallest absolute Gasteiger partial charge is 0.379 e. The molecule has 0 saturated carbocycles. The number of hydrogen-bond acceptors (Lipinski definition) is 3. The van der Waals surface area contributed by atoms with Crippen molar-refractivity contribution in [3.8, 4) is 0 Å². The summed E-state index contributed by atoms with van der Waals surface area (Å²) in [5, 5.41) is 0. The van der Waals surface area contributed by atoms with Crippen molar-refractivity contribution in [1.82, 2.24) is 0 Å². The molecule has 5 heteroatoms. The molecular weight excluding hydrogens is 143 g/mol. The van der Waals surface area contributed by atoms with E-state index in [4.69, 9.17) is 9.63 Å². The largest absolute Gasteiger partial charge is 0.694 e. The maximum Gasteiger partial charge on any atom is 0.694 e. The summed E-state index contributed by atoms with van der Waals surface area (Å²) in [6.45, 7) is 3.00. The van der Waals surface area contributed by atoms with Crippen molar-refractivity contribution >= 4 is 8.25 Å². The lowest BCUT2D eigenvalue weighted by Crippen LogP contribution is -1.99. The van der Waals surface area contributed by atoms with Gasteiger partial charge in [0.1, 0.15) is 6.61 Å². The van der Waals surface area contributed by atoms with E-state index in [9.17, 15) is 4.57 Å². The molecule has 0 spiro atoms. The predicted molar refractivity (Wildman–Crippen MR) is 32.3 cm³/mol. The Kier molecular flexibility index (Phi) is 6.09. The summed E-state index contributed by atoms with van der Waals surface area (Å²) in [4.78, 5) is 8.08. The van der Waals surface area contributed by atoms with Gasteiger partial charge in [0, 0.05) is 11.2 Å². The van der Waals surface area contributed by atoms with E-state index in [1.54, 1.807) is 0 Å². The third kappa shape index (κ3) is 7.98. The Morgan fingerprint density at radius 1 is 1.56 bits per heavy atom. The molecule has 0 radical (unpaired) electrons. The van der Waals surface area contributed by atoms with Gasteiger partial charge in [-0.2, -0.15) is 0 Å². The van der Waals surface area contributed by atoms with Gasteiger partial charge in [0.15, 0.2) is 0 Å². The van der Waals surface area contributed by atoms with Crippen LogP contribution in [0.25, 0.3) is 0 Å². The average Bonchev–Trinajstić information content (AvgIpc) is 1.80. The first-order valence-corrected chi connectivity index (χ1v) is 3.77. The van der Waals surface area contributed by atoms with E-state index in [0.29, 0.717) is 13.2 Å². The minimum atomic E-state index is -2.45. The Morgan fingerprint density at radius 3 is 2.67 bits per heavy atom. The van der Waals surface area contributed by atoms with Crippen molar-refractivity contribution in [1.29, 1.82) is 0 Å². The van der Waals surface area contributed by atoms with Gasteiger partial charge in [0.05, 0.1) is 6.61 Å². The van der Waals surface area contributed by atoms with Crippen LogP contribution >= 0.6 is 8.25 Å². The van der Waals surface area contributed by atoms with E-state index in [1.165, 1.54) is 0 Å². The molecule has 1 N–H and O–H groups in total. The molecule has 54 valence electrons. The lowest BCUT2D eigenvalue weighted by Gasteiger charge is -1.92. The molecule has 0 heterocycles. The van der Waals surface area contributed by atoms with Crippen molar-refractivity contribution < 1.29 is 18.7 Å². The third-order valence-corrected chi connectivity index (χ3v) is 1.04. The van der Waals surface area contributed by atoms with Crippen LogP contribution in [-0.2, 0) is 13.8 Å². The highest BCUT2D eigenvalue weighted by Crippen LogP contribution is 2.12. The molecule has 0 aromatic heterocycles. The Hall–Kier alpha value is -0.0200. The summed E-state index contributed by atoms with van der Waals surface area (Å²) in [6, 6.07) is 0. The molecule has 0 aliphatic heterocycles. The standard InChI is InChI=1S/C4H9O4P/c1-2-7-3-4-8-9(5)6/h2-4H2,1H3/p+1. The fourth-order valence-corrected chi connectivity index (χ4v) is 0.549.